The smallest absolute Gasteiger partial charge is 0.309 e. The van der Waals surface area contributed by atoms with Crippen LogP contribution in [-0.2, 0) is 13.6 Å². The molecule has 2 fully saturated rings. The fourth-order valence-corrected chi connectivity index (χ4v) is 4.36. The first-order chi connectivity index (χ1) is 8.47. The zero-order valence-electron chi connectivity index (χ0n) is 12.3. The van der Waals surface area contributed by atoms with E-state index in [2.05, 4.69) is 34.6 Å². The molecule has 0 bridgehead atoms. The fourth-order valence-electron chi connectivity index (χ4n) is 2.86. The quantitative estimate of drug-likeness (QED) is 0.708. The molecular formula is C14H27O3P. The summed E-state index contributed by atoms with van der Waals surface area (Å²) in [4.78, 5) is 0. The van der Waals surface area contributed by atoms with Crippen LogP contribution in [0.2, 0.25) is 0 Å². The summed E-state index contributed by atoms with van der Waals surface area (Å²) in [6.07, 6.45) is 4.39. The third-order valence-electron chi connectivity index (χ3n) is 4.35. The van der Waals surface area contributed by atoms with Gasteiger partial charge in [-0.2, -0.15) is 0 Å². The van der Waals surface area contributed by atoms with Gasteiger partial charge in [-0.05, 0) is 44.4 Å². The van der Waals surface area contributed by atoms with Crippen molar-refractivity contribution in [1.82, 2.24) is 0 Å². The molecule has 3 nitrogen and oxygen atoms in total. The van der Waals surface area contributed by atoms with E-state index in [1.165, 1.54) is 12.8 Å². The van der Waals surface area contributed by atoms with Gasteiger partial charge < -0.3 is 13.6 Å². The molecule has 0 unspecified atom stereocenters. The predicted octanol–water partition coefficient (Wildman–Crippen LogP) is 4.51. The summed E-state index contributed by atoms with van der Waals surface area (Å²) in [6, 6.07) is 0. The van der Waals surface area contributed by atoms with E-state index in [4.69, 9.17) is 13.6 Å². The van der Waals surface area contributed by atoms with E-state index in [9.17, 15) is 0 Å². The van der Waals surface area contributed by atoms with Crippen molar-refractivity contribution < 1.29 is 13.6 Å². The number of hydrogen-bond donors (Lipinski definition) is 0. The molecule has 2 aliphatic rings. The lowest BCUT2D eigenvalue weighted by Crippen LogP contribution is -2.33. The summed E-state index contributed by atoms with van der Waals surface area (Å²) in [5.74, 6) is 2.09. The summed E-state index contributed by atoms with van der Waals surface area (Å²) in [7, 11) is -1.12. The van der Waals surface area contributed by atoms with Crippen molar-refractivity contribution in [3.8, 4) is 0 Å². The molecule has 0 spiro atoms. The van der Waals surface area contributed by atoms with Gasteiger partial charge in [0.25, 0.3) is 0 Å². The molecule has 0 radical (unpaired) electrons. The van der Waals surface area contributed by atoms with Gasteiger partial charge in [0, 0.05) is 0 Å². The number of rotatable bonds is 3. The van der Waals surface area contributed by atoms with Crippen LogP contribution in [0.3, 0.4) is 0 Å². The fraction of sp³-hybridized carbons (Fsp3) is 1.00. The Hall–Kier alpha value is 0.310. The molecule has 0 aromatic carbocycles. The van der Waals surface area contributed by atoms with Gasteiger partial charge in [0.2, 0.25) is 0 Å². The van der Waals surface area contributed by atoms with Gasteiger partial charge in [0.15, 0.2) is 0 Å². The first kappa shape index (κ1) is 14.7. The second kappa shape index (κ2) is 6.17. The Morgan fingerprint density at radius 2 is 1.67 bits per heavy atom. The van der Waals surface area contributed by atoms with Gasteiger partial charge >= 0.3 is 8.60 Å². The normalized spacial score (nSPS) is 42.7. The minimum Gasteiger partial charge on any atom is -0.309 e. The van der Waals surface area contributed by atoms with Crippen LogP contribution in [0.15, 0.2) is 0 Å². The van der Waals surface area contributed by atoms with Crippen LogP contribution in [0.25, 0.3) is 0 Å². The Balaban J connectivity index is 1.92. The second-order valence-corrected chi connectivity index (χ2v) is 7.39. The van der Waals surface area contributed by atoms with E-state index in [0.717, 1.165) is 12.3 Å². The predicted molar refractivity (Wildman–Crippen MR) is 74.2 cm³/mol. The van der Waals surface area contributed by atoms with Crippen LogP contribution in [0, 0.1) is 17.8 Å². The molecule has 1 heterocycles. The van der Waals surface area contributed by atoms with E-state index in [1.54, 1.807) is 0 Å². The lowest BCUT2D eigenvalue weighted by atomic mass is 9.75. The summed E-state index contributed by atoms with van der Waals surface area (Å²) < 4.78 is 17.7. The molecule has 1 aliphatic heterocycles. The molecule has 5 atom stereocenters. The molecule has 4 heteroatoms. The van der Waals surface area contributed by atoms with Crippen LogP contribution in [0.1, 0.15) is 53.9 Å². The Morgan fingerprint density at radius 3 is 2.22 bits per heavy atom. The third kappa shape index (κ3) is 3.45. The molecule has 1 aliphatic carbocycles. The van der Waals surface area contributed by atoms with Gasteiger partial charge in [-0.3, -0.25) is 0 Å². The van der Waals surface area contributed by atoms with Crippen molar-refractivity contribution in [2.45, 2.75) is 72.2 Å². The molecular weight excluding hydrogens is 247 g/mol. The minimum atomic E-state index is -1.12. The average Bonchev–Trinajstić information content (AvgIpc) is 2.57. The van der Waals surface area contributed by atoms with Crippen molar-refractivity contribution >= 4 is 8.60 Å². The van der Waals surface area contributed by atoms with Crippen LogP contribution >= 0.6 is 8.60 Å². The van der Waals surface area contributed by atoms with Crippen molar-refractivity contribution in [2.24, 2.45) is 17.8 Å². The Bertz CT molecular complexity index is 262. The molecule has 0 amide bonds. The first-order valence-electron chi connectivity index (χ1n) is 7.27. The zero-order valence-corrected chi connectivity index (χ0v) is 13.2. The number of hydrogen-bond acceptors (Lipinski definition) is 3. The standard InChI is InChI=1S/C14H27O3P/c1-9(2)13-7-6-10(3)8-14(13)17-18-15-11(4)12(5)16-18/h9-14H,6-8H2,1-5H3/t10-,11+,12+,13+,14+/m0/s1. The van der Waals surface area contributed by atoms with E-state index in [1.807, 2.05) is 0 Å². The Kier molecular flexibility index (Phi) is 5.05. The molecule has 0 aromatic rings. The Morgan fingerprint density at radius 1 is 1.06 bits per heavy atom. The summed E-state index contributed by atoms with van der Waals surface area (Å²) in [5.41, 5.74) is 0. The molecule has 2 rings (SSSR count). The van der Waals surface area contributed by atoms with Crippen LogP contribution in [0.5, 0.6) is 0 Å². The summed E-state index contributed by atoms with van der Waals surface area (Å²) in [5, 5.41) is 0. The molecule has 1 saturated carbocycles. The first-order valence-corrected chi connectivity index (χ1v) is 8.37. The lowest BCUT2D eigenvalue weighted by molar-refractivity contribution is 0.0346. The van der Waals surface area contributed by atoms with E-state index in [-0.39, 0.29) is 12.2 Å². The largest absolute Gasteiger partial charge is 0.333 e. The minimum absolute atomic E-state index is 0.162. The van der Waals surface area contributed by atoms with E-state index in [0.29, 0.717) is 17.9 Å². The summed E-state index contributed by atoms with van der Waals surface area (Å²) >= 11 is 0. The highest BCUT2D eigenvalue weighted by Gasteiger charge is 2.38. The highest BCUT2D eigenvalue weighted by atomic mass is 31.2. The highest BCUT2D eigenvalue weighted by Crippen LogP contribution is 2.52. The maximum absolute atomic E-state index is 6.16. The van der Waals surface area contributed by atoms with Crippen molar-refractivity contribution in [2.75, 3.05) is 0 Å². The molecule has 106 valence electrons. The van der Waals surface area contributed by atoms with E-state index < -0.39 is 8.60 Å². The monoisotopic (exact) mass is 274 g/mol. The van der Waals surface area contributed by atoms with Crippen LogP contribution in [-0.4, -0.2) is 18.3 Å². The van der Waals surface area contributed by atoms with E-state index >= 15 is 0 Å². The average molecular weight is 274 g/mol. The van der Waals surface area contributed by atoms with Gasteiger partial charge in [0.05, 0.1) is 18.3 Å². The van der Waals surface area contributed by atoms with Gasteiger partial charge in [-0.25, -0.2) is 0 Å². The molecule has 0 aromatic heterocycles. The SMILES string of the molecule is CC(C)[C@H]1CC[C@H](C)C[C@H]1OP1O[C@H](C)[C@@H](C)O1. The van der Waals surface area contributed by atoms with Crippen molar-refractivity contribution in [3.63, 3.8) is 0 Å². The van der Waals surface area contributed by atoms with Crippen LogP contribution in [0.4, 0.5) is 0 Å². The second-order valence-electron chi connectivity index (χ2n) is 6.31. The van der Waals surface area contributed by atoms with Crippen molar-refractivity contribution in [1.29, 1.82) is 0 Å². The topological polar surface area (TPSA) is 27.7 Å². The molecule has 1 saturated heterocycles. The van der Waals surface area contributed by atoms with Gasteiger partial charge in [0.1, 0.15) is 0 Å². The zero-order chi connectivity index (χ0) is 13.3. The third-order valence-corrected chi connectivity index (χ3v) is 5.80. The maximum atomic E-state index is 6.16. The summed E-state index contributed by atoms with van der Waals surface area (Å²) in [6.45, 7) is 11.0. The molecule has 18 heavy (non-hydrogen) atoms. The lowest BCUT2D eigenvalue weighted by Gasteiger charge is -2.37. The Labute approximate surface area is 113 Å². The van der Waals surface area contributed by atoms with Gasteiger partial charge in [-0.1, -0.05) is 27.2 Å². The van der Waals surface area contributed by atoms with Crippen LogP contribution < -0.4 is 0 Å². The van der Waals surface area contributed by atoms with Gasteiger partial charge in [-0.15, -0.1) is 0 Å². The highest BCUT2D eigenvalue weighted by molar-refractivity contribution is 7.42. The maximum Gasteiger partial charge on any atom is 0.333 e. The molecule has 0 N–H and O–H groups in total. The van der Waals surface area contributed by atoms with Crippen molar-refractivity contribution in [3.05, 3.63) is 0 Å².